The summed E-state index contributed by atoms with van der Waals surface area (Å²) >= 11 is 0. The van der Waals surface area contributed by atoms with E-state index >= 15 is 14.4 Å². The minimum atomic E-state index is -2.07. The molecule has 5 aliphatic rings. The molecule has 1 saturated carbocycles. The summed E-state index contributed by atoms with van der Waals surface area (Å²) in [6.45, 7) is 0.206. The van der Waals surface area contributed by atoms with Gasteiger partial charge in [-0.1, -0.05) is 97.5 Å². The van der Waals surface area contributed by atoms with Gasteiger partial charge in [-0.25, -0.2) is 9.69 Å². The number of hydrogen-bond donors (Lipinski definition) is 2. The molecule has 10 rings (SSSR count). The number of phenols is 1. The van der Waals surface area contributed by atoms with Crippen molar-refractivity contribution in [2.45, 2.75) is 86.7 Å². The van der Waals surface area contributed by atoms with E-state index in [0.29, 0.717) is 47.5 Å². The molecule has 0 unspecified atom stereocenters. The quantitative estimate of drug-likeness (QED) is 0.0637. The van der Waals surface area contributed by atoms with Gasteiger partial charge < -0.3 is 38.8 Å². The Labute approximate surface area is 413 Å². The third kappa shape index (κ3) is 8.35. The lowest BCUT2D eigenvalue weighted by molar-refractivity contribution is -0.179. The third-order valence-electron chi connectivity index (χ3n) is 15.0. The summed E-state index contributed by atoms with van der Waals surface area (Å²) in [7, 11) is 4.58. The second-order valence-corrected chi connectivity index (χ2v) is 19.0. The topological polar surface area (TPSA) is 165 Å². The highest BCUT2D eigenvalue weighted by atomic mass is 16.6. The Balaban J connectivity index is 1.25. The van der Waals surface area contributed by atoms with Gasteiger partial charge in [-0.05, 0) is 108 Å². The summed E-state index contributed by atoms with van der Waals surface area (Å²) in [6, 6.07) is 30.7. The minimum Gasteiger partial charge on any atom is -0.508 e. The second kappa shape index (κ2) is 19.5. The SMILES string of the molecule is COCCOC(=O)N1C(=O)[C@@]2(c3cc(C#CC4(O)CCCCCC4)ccc31)[C@H](c1ccc(O)cc1)N1[C@H](c3ccccc3)[C@H](c3ccccc3)OC(=O)[C@H]1[C@@H]2C(=O)N1CCc2cc(OC)c(OC)cc2C1. The number of amides is 3. The van der Waals surface area contributed by atoms with E-state index in [4.69, 9.17) is 23.7 Å². The number of methoxy groups -OCH3 is 3. The molecule has 71 heavy (non-hydrogen) atoms. The van der Waals surface area contributed by atoms with Crippen LogP contribution in [0.1, 0.15) is 95.7 Å². The van der Waals surface area contributed by atoms with Crippen LogP contribution in [0.3, 0.4) is 0 Å². The van der Waals surface area contributed by atoms with Crippen molar-refractivity contribution in [1.29, 1.82) is 0 Å². The van der Waals surface area contributed by atoms with Gasteiger partial charge in [-0.15, -0.1) is 0 Å². The van der Waals surface area contributed by atoms with Crippen molar-refractivity contribution in [3.05, 3.63) is 154 Å². The number of ether oxygens (including phenoxy) is 5. The van der Waals surface area contributed by atoms with E-state index in [-0.39, 0.29) is 43.3 Å². The van der Waals surface area contributed by atoms with Gasteiger partial charge in [0.15, 0.2) is 11.5 Å². The monoisotopic (exact) mass is 959 g/mol. The zero-order chi connectivity index (χ0) is 49.4. The van der Waals surface area contributed by atoms with Crippen molar-refractivity contribution in [2.75, 3.05) is 46.0 Å². The van der Waals surface area contributed by atoms with E-state index in [0.717, 1.165) is 47.3 Å². The maximum absolute atomic E-state index is 16.6. The van der Waals surface area contributed by atoms with Crippen molar-refractivity contribution in [1.82, 2.24) is 9.80 Å². The van der Waals surface area contributed by atoms with Crippen LogP contribution in [0, 0.1) is 17.8 Å². The normalized spacial score (nSPS) is 24.4. The van der Waals surface area contributed by atoms with E-state index in [2.05, 4.69) is 11.8 Å². The molecule has 5 aromatic carbocycles. The van der Waals surface area contributed by atoms with E-state index < -0.39 is 65.0 Å². The van der Waals surface area contributed by atoms with Gasteiger partial charge in [0.25, 0.3) is 0 Å². The number of imide groups is 1. The maximum Gasteiger partial charge on any atom is 0.421 e. The number of benzene rings is 5. The Hall–Kier alpha value is -7.18. The van der Waals surface area contributed by atoms with Crippen molar-refractivity contribution < 1.29 is 53.1 Å². The molecule has 1 aliphatic carbocycles. The summed E-state index contributed by atoms with van der Waals surface area (Å²) in [5.41, 5.74) is 1.23. The van der Waals surface area contributed by atoms with Crippen LogP contribution in [0.25, 0.3) is 0 Å². The molecule has 0 radical (unpaired) electrons. The zero-order valence-corrected chi connectivity index (χ0v) is 40.0. The average Bonchev–Trinajstić information content (AvgIpc) is 3.73. The van der Waals surface area contributed by atoms with Gasteiger partial charge in [0.1, 0.15) is 35.5 Å². The number of nitrogens with zero attached hydrogens (tertiary/aromatic N) is 3. The largest absolute Gasteiger partial charge is 0.508 e. The standard InChI is InChI=1S/C57H57N3O11/c1-67-30-31-70-55(65)59-44-23-18-36(24-28-56(66)26-12-4-5-13-27-56)32-43(44)57(54(59)64)47(52(62)58-29-25-40-33-45(68-2)46(69-3)34-41(40)35-58)49-53(63)71-50(38-16-10-7-11-17-38)48(37-14-8-6-9-15-37)60(49)51(57)39-19-21-42(61)22-20-39/h6-11,14-23,32-34,47-51,61,66H,4-5,12-13,25-27,29-31,35H2,1-3H3/t47-,48-,49-,50+,51+,57-/m1/s1. The summed E-state index contributed by atoms with van der Waals surface area (Å²) in [5, 5.41) is 22.6. The van der Waals surface area contributed by atoms with Gasteiger partial charge in [0.2, 0.25) is 11.8 Å². The Morgan fingerprint density at radius 1 is 0.761 bits per heavy atom. The molecule has 1 spiro atoms. The number of fused-ring (bicyclic) bond motifs is 4. The lowest BCUT2D eigenvalue weighted by atomic mass is 9.64. The van der Waals surface area contributed by atoms with E-state index in [9.17, 15) is 15.0 Å². The van der Waals surface area contributed by atoms with Gasteiger partial charge in [0.05, 0.1) is 44.5 Å². The molecule has 0 bridgehead atoms. The highest BCUT2D eigenvalue weighted by molar-refractivity contribution is 6.23. The van der Waals surface area contributed by atoms with E-state index in [1.807, 2.05) is 77.7 Å². The number of cyclic esters (lactones) is 1. The zero-order valence-electron chi connectivity index (χ0n) is 40.0. The predicted octanol–water partition coefficient (Wildman–Crippen LogP) is 7.88. The number of esters is 1. The van der Waals surface area contributed by atoms with Crippen molar-refractivity contribution in [3.8, 4) is 29.1 Å². The van der Waals surface area contributed by atoms with Crippen LogP contribution in [0.4, 0.5) is 10.5 Å². The fraction of sp³-hybridized carbons (Fsp3) is 0.368. The molecule has 2 saturated heterocycles. The predicted molar refractivity (Wildman–Crippen MR) is 261 cm³/mol. The Morgan fingerprint density at radius 3 is 2.08 bits per heavy atom. The van der Waals surface area contributed by atoms with Crippen LogP contribution in [0.5, 0.6) is 17.2 Å². The molecule has 14 nitrogen and oxygen atoms in total. The average molecular weight is 960 g/mol. The Bertz CT molecular complexity index is 2890. The van der Waals surface area contributed by atoms with Crippen LogP contribution >= 0.6 is 0 Å². The molecule has 4 aliphatic heterocycles. The lowest BCUT2D eigenvalue weighted by Crippen LogP contribution is -2.57. The van der Waals surface area contributed by atoms with Crippen molar-refractivity contribution >= 4 is 29.6 Å². The van der Waals surface area contributed by atoms with Crippen LogP contribution < -0.4 is 14.4 Å². The molecule has 14 heteroatoms. The molecule has 4 heterocycles. The number of rotatable bonds is 9. The van der Waals surface area contributed by atoms with Gasteiger partial charge in [-0.3, -0.25) is 19.3 Å². The number of aliphatic hydroxyl groups is 1. The Morgan fingerprint density at radius 2 is 1.42 bits per heavy atom. The van der Waals surface area contributed by atoms with Crippen molar-refractivity contribution in [2.24, 2.45) is 5.92 Å². The van der Waals surface area contributed by atoms with Crippen molar-refractivity contribution in [3.63, 3.8) is 0 Å². The molecule has 366 valence electrons. The van der Waals surface area contributed by atoms with Crippen LogP contribution in [-0.2, 0) is 47.0 Å². The summed E-state index contributed by atoms with van der Waals surface area (Å²) < 4.78 is 29.0. The molecule has 0 aromatic heterocycles. The summed E-state index contributed by atoms with van der Waals surface area (Å²) in [5.74, 6) is 3.84. The second-order valence-electron chi connectivity index (χ2n) is 19.0. The fourth-order valence-electron chi connectivity index (χ4n) is 11.8. The third-order valence-corrected chi connectivity index (χ3v) is 15.0. The molecule has 6 atom stereocenters. The molecule has 3 amide bonds. The number of carbonyl (C=O) groups excluding carboxylic acids is 4. The molecule has 3 fully saturated rings. The summed E-state index contributed by atoms with van der Waals surface area (Å²) in [4.78, 5) is 67.9. The first kappa shape index (κ1) is 47.5. The summed E-state index contributed by atoms with van der Waals surface area (Å²) in [6.07, 6.45) is 3.17. The Kier molecular flexibility index (Phi) is 13.1. The van der Waals surface area contributed by atoms with Gasteiger partial charge in [0, 0.05) is 25.8 Å². The van der Waals surface area contributed by atoms with Crippen LogP contribution in [-0.4, -0.2) is 96.6 Å². The molecular formula is C57H57N3O11. The highest BCUT2D eigenvalue weighted by Crippen LogP contribution is 2.66. The molecule has 5 aromatic rings. The molecule has 2 N–H and O–H groups in total. The lowest BCUT2D eigenvalue weighted by Gasteiger charge is -2.46. The van der Waals surface area contributed by atoms with Gasteiger partial charge in [-0.2, -0.15) is 0 Å². The number of hydrogen-bond acceptors (Lipinski definition) is 12. The maximum atomic E-state index is 16.6. The van der Waals surface area contributed by atoms with E-state index in [1.165, 1.54) is 19.2 Å². The fourth-order valence-corrected chi connectivity index (χ4v) is 11.8. The van der Waals surface area contributed by atoms with E-state index in [1.54, 1.807) is 49.5 Å². The van der Waals surface area contributed by atoms with Crippen LogP contribution in [0.15, 0.2) is 115 Å². The first-order valence-corrected chi connectivity index (χ1v) is 24.3. The van der Waals surface area contributed by atoms with Gasteiger partial charge >= 0.3 is 12.1 Å². The number of aromatic hydroxyl groups is 1. The highest BCUT2D eigenvalue weighted by Gasteiger charge is 2.76. The number of carbonyl (C=O) groups is 4. The number of phenolic OH excluding ortho intramolecular Hbond substituents is 1. The van der Waals surface area contributed by atoms with Crippen LogP contribution in [0.2, 0.25) is 0 Å². The number of morpholine rings is 1. The minimum absolute atomic E-state index is 0.0423. The smallest absolute Gasteiger partial charge is 0.421 e. The number of anilines is 1. The molecular weight excluding hydrogens is 903 g/mol. The first-order chi connectivity index (χ1) is 34.5. The first-order valence-electron chi connectivity index (χ1n) is 24.3.